The van der Waals surface area contributed by atoms with Crippen LogP contribution in [-0.4, -0.2) is 17.6 Å². The maximum Gasteiger partial charge on any atom is 0.305 e. The summed E-state index contributed by atoms with van der Waals surface area (Å²) >= 11 is 1.72. The second-order valence-electron chi connectivity index (χ2n) is 4.93. The Hall–Kier alpha value is -1.81. The van der Waals surface area contributed by atoms with Crippen molar-refractivity contribution in [2.24, 2.45) is 0 Å². The third-order valence-electron chi connectivity index (χ3n) is 3.30. The minimum atomic E-state index is -0.759. The normalized spacial score (nSPS) is 10.5. The molecule has 0 radical (unpaired) electrons. The van der Waals surface area contributed by atoms with Crippen LogP contribution in [0.2, 0.25) is 0 Å². The lowest BCUT2D eigenvalue weighted by Gasteiger charge is -2.24. The first-order valence-corrected chi connectivity index (χ1v) is 7.50. The van der Waals surface area contributed by atoms with Gasteiger partial charge in [0.25, 0.3) is 0 Å². The summed E-state index contributed by atoms with van der Waals surface area (Å²) in [5.74, 6) is -0.759. The van der Waals surface area contributed by atoms with Gasteiger partial charge >= 0.3 is 5.97 Å². The van der Waals surface area contributed by atoms with Gasteiger partial charge in [-0.05, 0) is 43.0 Å². The van der Waals surface area contributed by atoms with Crippen LogP contribution in [0.3, 0.4) is 0 Å². The molecule has 106 valence electrons. The maximum atomic E-state index is 10.8. The Morgan fingerprint density at radius 2 is 1.90 bits per heavy atom. The zero-order valence-corrected chi connectivity index (χ0v) is 12.6. The molecule has 0 saturated carbocycles. The number of hydrogen-bond acceptors (Lipinski definition) is 3. The minimum absolute atomic E-state index is 0.151. The molecule has 0 amide bonds. The van der Waals surface area contributed by atoms with Crippen molar-refractivity contribution >= 4 is 23.0 Å². The van der Waals surface area contributed by atoms with E-state index in [-0.39, 0.29) is 6.42 Å². The Morgan fingerprint density at radius 3 is 2.45 bits per heavy atom. The number of rotatable bonds is 6. The number of carboxylic acids is 1. The van der Waals surface area contributed by atoms with Crippen molar-refractivity contribution in [3.63, 3.8) is 0 Å². The lowest BCUT2D eigenvalue weighted by Crippen LogP contribution is -2.25. The van der Waals surface area contributed by atoms with Gasteiger partial charge in [0.05, 0.1) is 13.0 Å². The van der Waals surface area contributed by atoms with Gasteiger partial charge in [0.15, 0.2) is 0 Å². The molecule has 1 aromatic heterocycles. The molecule has 3 nitrogen and oxygen atoms in total. The van der Waals surface area contributed by atoms with E-state index in [9.17, 15) is 4.79 Å². The van der Waals surface area contributed by atoms with Crippen LogP contribution < -0.4 is 4.90 Å². The highest BCUT2D eigenvalue weighted by Crippen LogP contribution is 2.23. The van der Waals surface area contributed by atoms with E-state index in [0.717, 1.165) is 12.2 Å². The van der Waals surface area contributed by atoms with Gasteiger partial charge in [0.2, 0.25) is 0 Å². The quantitative estimate of drug-likeness (QED) is 0.878. The average Bonchev–Trinajstić information content (AvgIpc) is 2.81. The molecule has 0 fully saturated rings. The number of benzene rings is 1. The van der Waals surface area contributed by atoms with Crippen molar-refractivity contribution in [1.29, 1.82) is 0 Å². The van der Waals surface area contributed by atoms with E-state index < -0.39 is 5.97 Å². The number of nitrogens with zero attached hydrogens (tertiary/aromatic N) is 1. The molecule has 2 rings (SSSR count). The fourth-order valence-electron chi connectivity index (χ4n) is 2.03. The van der Waals surface area contributed by atoms with Gasteiger partial charge in [-0.2, -0.15) is 0 Å². The molecule has 1 aromatic carbocycles. The number of hydrogen-bond donors (Lipinski definition) is 1. The molecular formula is C16H19NO2S. The summed E-state index contributed by atoms with van der Waals surface area (Å²) in [5.41, 5.74) is 3.55. The summed E-state index contributed by atoms with van der Waals surface area (Å²) in [5, 5.41) is 11.0. The summed E-state index contributed by atoms with van der Waals surface area (Å²) in [4.78, 5) is 14.3. The maximum absolute atomic E-state index is 10.8. The van der Waals surface area contributed by atoms with E-state index in [0.29, 0.717) is 6.54 Å². The van der Waals surface area contributed by atoms with Crippen molar-refractivity contribution in [3.05, 3.63) is 51.7 Å². The first-order chi connectivity index (χ1) is 9.56. The Kier molecular flexibility index (Phi) is 4.79. The number of aryl methyl sites for hydroxylation is 2. The average molecular weight is 289 g/mol. The standard InChI is InChI=1S/C16H19NO2S/c1-12-3-5-14(6-4-12)17(9-7-16(18)19)11-15-13(2)8-10-20-15/h3-6,8,10H,7,9,11H2,1-2H3,(H,18,19). The number of carboxylic acid groups (broad SMARTS) is 1. The lowest BCUT2D eigenvalue weighted by atomic mass is 10.2. The Morgan fingerprint density at radius 1 is 1.20 bits per heavy atom. The second kappa shape index (κ2) is 6.57. The third kappa shape index (κ3) is 3.84. The topological polar surface area (TPSA) is 40.5 Å². The van der Waals surface area contributed by atoms with E-state index in [1.165, 1.54) is 16.0 Å². The summed E-state index contributed by atoms with van der Waals surface area (Å²) in [6.07, 6.45) is 0.151. The third-order valence-corrected chi connectivity index (χ3v) is 4.31. The largest absolute Gasteiger partial charge is 0.481 e. The van der Waals surface area contributed by atoms with Crippen LogP contribution in [0.25, 0.3) is 0 Å². The molecule has 4 heteroatoms. The van der Waals surface area contributed by atoms with E-state index in [4.69, 9.17) is 5.11 Å². The van der Waals surface area contributed by atoms with Gasteiger partial charge in [-0.15, -0.1) is 11.3 Å². The van der Waals surface area contributed by atoms with Crippen molar-refractivity contribution in [2.75, 3.05) is 11.4 Å². The van der Waals surface area contributed by atoms with Gasteiger partial charge in [-0.1, -0.05) is 17.7 Å². The van der Waals surface area contributed by atoms with Crippen molar-refractivity contribution < 1.29 is 9.90 Å². The van der Waals surface area contributed by atoms with Gasteiger partial charge < -0.3 is 10.0 Å². The molecule has 2 aromatic rings. The highest BCUT2D eigenvalue weighted by molar-refractivity contribution is 7.10. The minimum Gasteiger partial charge on any atom is -0.481 e. The molecule has 1 heterocycles. The molecule has 0 bridgehead atoms. The van der Waals surface area contributed by atoms with Crippen molar-refractivity contribution in [1.82, 2.24) is 0 Å². The van der Waals surface area contributed by atoms with Gasteiger partial charge in [-0.25, -0.2) is 0 Å². The van der Waals surface area contributed by atoms with E-state index in [1.54, 1.807) is 11.3 Å². The molecule has 0 unspecified atom stereocenters. The predicted molar refractivity (Wildman–Crippen MR) is 83.5 cm³/mol. The predicted octanol–water partition coefficient (Wildman–Crippen LogP) is 3.85. The monoisotopic (exact) mass is 289 g/mol. The van der Waals surface area contributed by atoms with E-state index in [2.05, 4.69) is 54.5 Å². The smallest absolute Gasteiger partial charge is 0.305 e. The molecule has 0 atom stereocenters. The Bertz CT molecular complexity index is 574. The van der Waals surface area contributed by atoms with Gasteiger partial charge in [-0.3, -0.25) is 4.79 Å². The molecule has 0 spiro atoms. The molecule has 0 aliphatic carbocycles. The summed E-state index contributed by atoms with van der Waals surface area (Å²) in [7, 11) is 0. The Balaban J connectivity index is 2.17. The lowest BCUT2D eigenvalue weighted by molar-refractivity contribution is -0.136. The number of aliphatic carboxylic acids is 1. The van der Waals surface area contributed by atoms with Crippen molar-refractivity contribution in [3.8, 4) is 0 Å². The number of thiophene rings is 1. The first kappa shape index (κ1) is 14.6. The molecule has 0 aliphatic rings. The van der Waals surface area contributed by atoms with Gasteiger partial charge in [0, 0.05) is 17.1 Å². The molecule has 0 saturated heterocycles. The van der Waals surface area contributed by atoms with Crippen LogP contribution in [0.1, 0.15) is 22.4 Å². The van der Waals surface area contributed by atoms with Crippen molar-refractivity contribution in [2.45, 2.75) is 26.8 Å². The van der Waals surface area contributed by atoms with Crippen LogP contribution in [0.15, 0.2) is 35.7 Å². The zero-order chi connectivity index (χ0) is 14.5. The summed E-state index contributed by atoms with van der Waals surface area (Å²) in [6, 6.07) is 10.3. The fourth-order valence-corrected chi connectivity index (χ4v) is 2.95. The summed E-state index contributed by atoms with van der Waals surface area (Å²) < 4.78 is 0. The Labute approximate surface area is 123 Å². The number of carbonyl (C=O) groups is 1. The van der Waals surface area contributed by atoms with Crippen LogP contribution >= 0.6 is 11.3 Å². The van der Waals surface area contributed by atoms with Crippen LogP contribution in [0.5, 0.6) is 0 Å². The van der Waals surface area contributed by atoms with Gasteiger partial charge in [0.1, 0.15) is 0 Å². The zero-order valence-electron chi connectivity index (χ0n) is 11.8. The van der Waals surface area contributed by atoms with E-state index >= 15 is 0 Å². The van der Waals surface area contributed by atoms with E-state index in [1.807, 2.05) is 0 Å². The molecular weight excluding hydrogens is 270 g/mol. The van der Waals surface area contributed by atoms with Crippen LogP contribution in [0.4, 0.5) is 5.69 Å². The second-order valence-corrected chi connectivity index (χ2v) is 5.93. The number of anilines is 1. The highest BCUT2D eigenvalue weighted by Gasteiger charge is 2.11. The SMILES string of the molecule is Cc1ccc(N(CCC(=O)O)Cc2sccc2C)cc1. The highest BCUT2D eigenvalue weighted by atomic mass is 32.1. The fraction of sp³-hybridized carbons (Fsp3) is 0.312. The van der Waals surface area contributed by atoms with Crippen LogP contribution in [0, 0.1) is 13.8 Å². The first-order valence-electron chi connectivity index (χ1n) is 6.62. The molecule has 0 aliphatic heterocycles. The van der Waals surface area contributed by atoms with Crippen LogP contribution in [-0.2, 0) is 11.3 Å². The molecule has 1 N–H and O–H groups in total. The molecule has 20 heavy (non-hydrogen) atoms. The summed E-state index contributed by atoms with van der Waals surface area (Å²) in [6.45, 7) is 5.43.